The lowest BCUT2D eigenvalue weighted by Gasteiger charge is -2.22. The molecular formula is C9H20N2O. The summed E-state index contributed by atoms with van der Waals surface area (Å²) in [6, 6.07) is 0.534. The number of hydrogen-bond donors (Lipinski definition) is 0. The number of carbonyl (C=O) groups is 1. The highest BCUT2D eigenvalue weighted by Gasteiger charge is 2.07. The maximum atomic E-state index is 10.8. The van der Waals surface area contributed by atoms with Crippen LogP contribution in [0, 0.1) is 0 Å². The van der Waals surface area contributed by atoms with Crippen molar-refractivity contribution in [2.24, 2.45) is 0 Å². The van der Waals surface area contributed by atoms with Crippen molar-refractivity contribution in [3.63, 3.8) is 0 Å². The second kappa shape index (κ2) is 5.14. The molecule has 0 aliphatic rings. The molecule has 1 unspecified atom stereocenters. The highest BCUT2D eigenvalue weighted by atomic mass is 16.2. The Bertz CT molecular complexity index is 145. The SMILES string of the molecule is CC(=O)N(C)CCC(C)N(C)C. The molecule has 1 atom stereocenters. The molecule has 0 aromatic heterocycles. The maximum absolute atomic E-state index is 10.8. The average molecular weight is 172 g/mol. The van der Waals surface area contributed by atoms with Crippen molar-refractivity contribution in [3.05, 3.63) is 0 Å². The molecule has 0 heterocycles. The molecule has 0 aliphatic heterocycles. The topological polar surface area (TPSA) is 23.6 Å². The Morgan fingerprint density at radius 3 is 2.17 bits per heavy atom. The Hall–Kier alpha value is -0.570. The summed E-state index contributed by atoms with van der Waals surface area (Å²) in [6.07, 6.45) is 1.03. The van der Waals surface area contributed by atoms with Gasteiger partial charge in [0.05, 0.1) is 0 Å². The normalized spacial score (nSPS) is 13.2. The van der Waals surface area contributed by atoms with Gasteiger partial charge in [-0.15, -0.1) is 0 Å². The molecule has 0 aliphatic carbocycles. The van der Waals surface area contributed by atoms with Crippen molar-refractivity contribution < 1.29 is 4.79 Å². The van der Waals surface area contributed by atoms with E-state index in [-0.39, 0.29) is 5.91 Å². The van der Waals surface area contributed by atoms with Gasteiger partial charge in [0, 0.05) is 26.6 Å². The van der Waals surface area contributed by atoms with Gasteiger partial charge in [-0.25, -0.2) is 0 Å². The van der Waals surface area contributed by atoms with E-state index in [4.69, 9.17) is 0 Å². The minimum atomic E-state index is 0.140. The lowest BCUT2D eigenvalue weighted by molar-refractivity contribution is -0.127. The number of amides is 1. The third-order valence-electron chi connectivity index (χ3n) is 2.30. The molecule has 0 saturated heterocycles. The lowest BCUT2D eigenvalue weighted by atomic mass is 10.2. The molecule has 1 amide bonds. The zero-order chi connectivity index (χ0) is 9.72. The number of rotatable bonds is 4. The van der Waals surface area contributed by atoms with Crippen LogP contribution in [0.3, 0.4) is 0 Å². The van der Waals surface area contributed by atoms with Gasteiger partial charge < -0.3 is 9.80 Å². The fraction of sp³-hybridized carbons (Fsp3) is 0.889. The molecule has 0 aromatic carbocycles. The number of carbonyl (C=O) groups excluding carboxylic acids is 1. The van der Waals surface area contributed by atoms with Gasteiger partial charge in [0.15, 0.2) is 0 Å². The summed E-state index contributed by atoms with van der Waals surface area (Å²) in [5.74, 6) is 0.140. The summed E-state index contributed by atoms with van der Waals surface area (Å²) in [6.45, 7) is 4.60. The highest BCUT2D eigenvalue weighted by molar-refractivity contribution is 5.72. The zero-order valence-corrected chi connectivity index (χ0v) is 8.79. The van der Waals surface area contributed by atoms with Crippen LogP contribution in [0.1, 0.15) is 20.3 Å². The van der Waals surface area contributed by atoms with Gasteiger partial charge in [-0.2, -0.15) is 0 Å². The van der Waals surface area contributed by atoms with Gasteiger partial charge >= 0.3 is 0 Å². The first kappa shape index (κ1) is 11.4. The van der Waals surface area contributed by atoms with E-state index in [2.05, 4.69) is 25.9 Å². The Labute approximate surface area is 75.3 Å². The molecule has 0 bridgehead atoms. The third-order valence-corrected chi connectivity index (χ3v) is 2.30. The van der Waals surface area contributed by atoms with Crippen molar-refractivity contribution in [1.82, 2.24) is 9.80 Å². The van der Waals surface area contributed by atoms with Crippen LogP contribution in [0.4, 0.5) is 0 Å². The van der Waals surface area contributed by atoms with E-state index in [1.165, 1.54) is 0 Å². The summed E-state index contributed by atoms with van der Waals surface area (Å²) in [5.41, 5.74) is 0. The monoisotopic (exact) mass is 172 g/mol. The first-order valence-corrected chi connectivity index (χ1v) is 4.33. The van der Waals surface area contributed by atoms with Crippen molar-refractivity contribution in [2.75, 3.05) is 27.7 Å². The summed E-state index contributed by atoms with van der Waals surface area (Å²) >= 11 is 0. The molecule has 72 valence electrons. The molecule has 0 saturated carbocycles. The predicted molar refractivity (Wildman–Crippen MR) is 51.1 cm³/mol. The van der Waals surface area contributed by atoms with Crippen molar-refractivity contribution in [1.29, 1.82) is 0 Å². The van der Waals surface area contributed by atoms with E-state index in [9.17, 15) is 4.79 Å². The number of nitrogens with zero attached hydrogens (tertiary/aromatic N) is 2. The number of hydrogen-bond acceptors (Lipinski definition) is 2. The largest absolute Gasteiger partial charge is 0.346 e. The van der Waals surface area contributed by atoms with Gasteiger partial charge in [0.25, 0.3) is 0 Å². The fourth-order valence-electron chi connectivity index (χ4n) is 0.796. The van der Waals surface area contributed by atoms with E-state index < -0.39 is 0 Å². The van der Waals surface area contributed by atoms with Crippen LogP contribution in [0.2, 0.25) is 0 Å². The molecule has 12 heavy (non-hydrogen) atoms. The molecular weight excluding hydrogens is 152 g/mol. The fourth-order valence-corrected chi connectivity index (χ4v) is 0.796. The highest BCUT2D eigenvalue weighted by Crippen LogP contribution is 1.99. The first-order chi connectivity index (χ1) is 5.45. The Morgan fingerprint density at radius 2 is 1.83 bits per heavy atom. The summed E-state index contributed by atoms with van der Waals surface area (Å²) in [5, 5.41) is 0. The van der Waals surface area contributed by atoms with Crippen LogP contribution in [-0.4, -0.2) is 49.4 Å². The van der Waals surface area contributed by atoms with E-state index >= 15 is 0 Å². The second-order valence-electron chi connectivity index (χ2n) is 3.54. The molecule has 0 N–H and O–H groups in total. The summed E-state index contributed by atoms with van der Waals surface area (Å²) in [4.78, 5) is 14.7. The maximum Gasteiger partial charge on any atom is 0.219 e. The zero-order valence-electron chi connectivity index (χ0n) is 8.79. The van der Waals surface area contributed by atoms with Crippen LogP contribution in [0.5, 0.6) is 0 Å². The Kier molecular flexibility index (Phi) is 4.90. The smallest absolute Gasteiger partial charge is 0.219 e. The van der Waals surface area contributed by atoms with E-state index in [1.807, 2.05) is 7.05 Å². The standard InChI is InChI=1S/C9H20N2O/c1-8(10(3)4)6-7-11(5)9(2)12/h8H,6-7H2,1-5H3. The van der Waals surface area contributed by atoms with Crippen LogP contribution in [-0.2, 0) is 4.79 Å². The molecule has 0 spiro atoms. The molecule has 3 nitrogen and oxygen atoms in total. The molecule has 0 radical (unpaired) electrons. The molecule has 3 heteroatoms. The van der Waals surface area contributed by atoms with Crippen molar-refractivity contribution in [2.45, 2.75) is 26.3 Å². The van der Waals surface area contributed by atoms with Gasteiger partial charge in [-0.3, -0.25) is 4.79 Å². The van der Waals surface area contributed by atoms with Gasteiger partial charge in [-0.1, -0.05) is 0 Å². The minimum Gasteiger partial charge on any atom is -0.346 e. The second-order valence-corrected chi connectivity index (χ2v) is 3.54. The molecule has 0 fully saturated rings. The quantitative estimate of drug-likeness (QED) is 0.626. The van der Waals surface area contributed by atoms with Crippen LogP contribution in [0.15, 0.2) is 0 Å². The molecule has 0 aromatic rings. The van der Waals surface area contributed by atoms with E-state index in [0.29, 0.717) is 6.04 Å². The average Bonchev–Trinajstić information content (AvgIpc) is 1.98. The Morgan fingerprint density at radius 1 is 1.33 bits per heavy atom. The third kappa shape index (κ3) is 4.34. The van der Waals surface area contributed by atoms with Gasteiger partial charge in [0.2, 0.25) is 5.91 Å². The predicted octanol–water partition coefficient (Wildman–Crippen LogP) is 0.805. The van der Waals surface area contributed by atoms with Crippen LogP contribution in [0.25, 0.3) is 0 Å². The Balaban J connectivity index is 3.61. The van der Waals surface area contributed by atoms with Gasteiger partial charge in [-0.05, 0) is 27.4 Å². The van der Waals surface area contributed by atoms with Gasteiger partial charge in [0.1, 0.15) is 0 Å². The van der Waals surface area contributed by atoms with Crippen LogP contribution >= 0.6 is 0 Å². The van der Waals surface area contributed by atoms with E-state index in [1.54, 1.807) is 11.8 Å². The molecule has 0 rings (SSSR count). The lowest BCUT2D eigenvalue weighted by Crippen LogP contribution is -2.32. The van der Waals surface area contributed by atoms with Crippen molar-refractivity contribution in [3.8, 4) is 0 Å². The van der Waals surface area contributed by atoms with E-state index in [0.717, 1.165) is 13.0 Å². The summed E-state index contributed by atoms with van der Waals surface area (Å²) in [7, 11) is 5.95. The van der Waals surface area contributed by atoms with Crippen molar-refractivity contribution >= 4 is 5.91 Å². The minimum absolute atomic E-state index is 0.140. The summed E-state index contributed by atoms with van der Waals surface area (Å²) < 4.78 is 0. The van der Waals surface area contributed by atoms with Crippen LogP contribution < -0.4 is 0 Å². The first-order valence-electron chi connectivity index (χ1n) is 4.33.